The van der Waals surface area contributed by atoms with Crippen LogP contribution < -0.4 is 17.1 Å². The molecule has 0 bridgehead atoms. The first-order chi connectivity index (χ1) is 14.3. The molecular weight excluding hydrogens is 391 g/mol. The largest absolute Gasteiger partial charge is 0.403 e. The number of halogens is 1. The maximum atomic E-state index is 13.1. The van der Waals surface area contributed by atoms with Gasteiger partial charge in [-0.25, -0.2) is 27.9 Å². The van der Waals surface area contributed by atoms with E-state index < -0.39 is 11.4 Å². The first-order valence-corrected chi connectivity index (χ1v) is 9.30. The molecule has 0 aliphatic rings. The van der Waals surface area contributed by atoms with Crippen LogP contribution in [0.1, 0.15) is 22.6 Å². The molecule has 0 radical (unpaired) electrons. The smallest absolute Gasteiger partial charge is 0.351 e. The molecule has 2 N–H and O–H groups in total. The minimum Gasteiger partial charge on any atom is -0.403 e. The number of aliphatic imine (C=N–C) groups is 1. The molecular formula is C20H23FN6O3. The molecule has 0 aliphatic heterocycles. The quantitative estimate of drug-likeness (QED) is 0.587. The summed E-state index contributed by atoms with van der Waals surface area (Å²) in [5.74, 6) is 0.325. The van der Waals surface area contributed by atoms with Crippen LogP contribution in [0.3, 0.4) is 0 Å². The molecule has 0 spiro atoms. The van der Waals surface area contributed by atoms with E-state index in [0.717, 1.165) is 27.6 Å². The van der Waals surface area contributed by atoms with Crippen LogP contribution in [0.2, 0.25) is 0 Å². The second-order valence-electron chi connectivity index (χ2n) is 6.79. The van der Waals surface area contributed by atoms with Crippen molar-refractivity contribution in [3.63, 3.8) is 0 Å². The number of benzene rings is 1. The summed E-state index contributed by atoms with van der Waals surface area (Å²) in [6, 6.07) is 5.99. The van der Waals surface area contributed by atoms with Gasteiger partial charge in [-0.3, -0.25) is 4.99 Å². The van der Waals surface area contributed by atoms with Gasteiger partial charge in [-0.2, -0.15) is 0 Å². The van der Waals surface area contributed by atoms with Crippen LogP contribution in [0, 0.1) is 19.7 Å². The van der Waals surface area contributed by atoms with Gasteiger partial charge in [0.25, 0.3) is 0 Å². The summed E-state index contributed by atoms with van der Waals surface area (Å²) in [6.07, 6.45) is 2.99. The minimum atomic E-state index is -0.542. The summed E-state index contributed by atoms with van der Waals surface area (Å²) in [4.78, 5) is 29.8. The van der Waals surface area contributed by atoms with E-state index in [1.54, 1.807) is 19.1 Å². The molecule has 10 heteroatoms. The van der Waals surface area contributed by atoms with Crippen LogP contribution in [0.5, 0.6) is 0 Å². The number of nitrogens with zero attached hydrogens (tertiary/aromatic N) is 5. The lowest BCUT2D eigenvalue weighted by molar-refractivity contribution is 0.392. The van der Waals surface area contributed by atoms with E-state index >= 15 is 0 Å². The first-order valence-electron chi connectivity index (χ1n) is 9.30. The number of allylic oxidation sites excluding steroid dienone is 1. The lowest BCUT2D eigenvalue weighted by Crippen LogP contribution is -2.29. The van der Waals surface area contributed by atoms with Crippen molar-refractivity contribution in [3.05, 3.63) is 79.8 Å². The van der Waals surface area contributed by atoms with Gasteiger partial charge in [-0.1, -0.05) is 17.3 Å². The number of aryl methyl sites for hydroxylation is 3. The van der Waals surface area contributed by atoms with Crippen LogP contribution in [-0.4, -0.2) is 25.3 Å². The Morgan fingerprint density at radius 1 is 1.23 bits per heavy atom. The van der Waals surface area contributed by atoms with E-state index in [1.807, 2.05) is 6.92 Å². The fraction of sp³-hybridized carbons (Fsp3) is 0.300. The highest BCUT2D eigenvalue weighted by molar-refractivity contribution is 6.01. The molecule has 3 rings (SSSR count). The third-order valence-electron chi connectivity index (χ3n) is 4.85. The van der Waals surface area contributed by atoms with Gasteiger partial charge < -0.3 is 10.3 Å². The fourth-order valence-electron chi connectivity index (χ4n) is 3.06. The fourth-order valence-corrected chi connectivity index (χ4v) is 3.06. The first kappa shape index (κ1) is 21.0. The van der Waals surface area contributed by atoms with Gasteiger partial charge in [0, 0.05) is 31.6 Å². The van der Waals surface area contributed by atoms with Gasteiger partial charge in [0.2, 0.25) is 0 Å². The Bertz CT molecular complexity index is 1190. The monoisotopic (exact) mass is 414 g/mol. The summed E-state index contributed by atoms with van der Waals surface area (Å²) >= 11 is 0. The molecule has 1 aromatic carbocycles. The third kappa shape index (κ3) is 4.17. The van der Waals surface area contributed by atoms with Gasteiger partial charge in [0.1, 0.15) is 11.6 Å². The Morgan fingerprint density at radius 3 is 2.53 bits per heavy atom. The van der Waals surface area contributed by atoms with Crippen molar-refractivity contribution in [2.45, 2.75) is 33.4 Å². The summed E-state index contributed by atoms with van der Waals surface area (Å²) in [5.41, 5.74) is 7.15. The maximum absolute atomic E-state index is 13.1. The van der Waals surface area contributed by atoms with E-state index in [9.17, 15) is 14.0 Å². The molecule has 0 amide bonds. The topological polar surface area (TPSA) is 113 Å². The number of rotatable bonds is 7. The second-order valence-corrected chi connectivity index (χ2v) is 6.79. The number of nitrogens with two attached hydrogens (primary N) is 1. The molecule has 9 nitrogen and oxygen atoms in total. The Kier molecular flexibility index (Phi) is 6.14. The Labute approximate surface area is 171 Å². The predicted molar refractivity (Wildman–Crippen MR) is 111 cm³/mol. The van der Waals surface area contributed by atoms with Crippen molar-refractivity contribution in [2.75, 3.05) is 0 Å². The van der Waals surface area contributed by atoms with Crippen molar-refractivity contribution in [3.8, 4) is 0 Å². The van der Waals surface area contributed by atoms with Crippen LogP contribution in [0.25, 0.3) is 5.70 Å². The van der Waals surface area contributed by atoms with Crippen molar-refractivity contribution in [1.82, 2.24) is 19.1 Å². The lowest BCUT2D eigenvalue weighted by atomic mass is 10.1. The average molecular weight is 414 g/mol. The molecule has 0 fully saturated rings. The second kappa shape index (κ2) is 8.76. The molecule has 2 aromatic heterocycles. The average Bonchev–Trinajstić information content (AvgIpc) is 3.15. The zero-order chi connectivity index (χ0) is 21.8. The van der Waals surface area contributed by atoms with Gasteiger partial charge in [-0.05, 0) is 38.0 Å². The maximum Gasteiger partial charge on any atom is 0.351 e. The molecule has 0 unspecified atom stereocenters. The highest BCUT2D eigenvalue weighted by Gasteiger charge is 2.16. The lowest BCUT2D eigenvalue weighted by Gasteiger charge is -2.05. The van der Waals surface area contributed by atoms with Crippen molar-refractivity contribution >= 4 is 11.9 Å². The number of hydrogen-bond acceptors (Lipinski definition) is 6. The van der Waals surface area contributed by atoms with Crippen molar-refractivity contribution in [1.29, 1.82) is 0 Å². The van der Waals surface area contributed by atoms with E-state index in [-0.39, 0.29) is 24.6 Å². The standard InChI is InChI=1S/C20H23FN6O3/c1-13-18(14(2)30-24-13)12-23-11-17(10-22)27-19(28)25(3)26(20(27)29)9-8-15-4-6-16(21)7-5-15/h4-7,10-11H,8-9,12,22H2,1-3H3. The molecule has 0 saturated heterocycles. The highest BCUT2D eigenvalue weighted by Crippen LogP contribution is 2.13. The zero-order valence-corrected chi connectivity index (χ0v) is 17.0. The van der Waals surface area contributed by atoms with Crippen LogP contribution in [0.15, 0.2) is 49.6 Å². The molecule has 30 heavy (non-hydrogen) atoms. The number of aromatic nitrogens is 4. The van der Waals surface area contributed by atoms with Crippen molar-refractivity contribution in [2.24, 2.45) is 17.8 Å². The normalized spacial score (nSPS) is 12.2. The molecule has 3 aromatic rings. The molecule has 0 aliphatic carbocycles. The zero-order valence-electron chi connectivity index (χ0n) is 17.0. The van der Waals surface area contributed by atoms with E-state index in [2.05, 4.69) is 10.1 Å². The Morgan fingerprint density at radius 2 is 1.93 bits per heavy atom. The van der Waals surface area contributed by atoms with Crippen LogP contribution in [-0.2, 0) is 26.6 Å². The Hall–Kier alpha value is -3.69. The third-order valence-corrected chi connectivity index (χ3v) is 4.85. The van der Waals surface area contributed by atoms with Crippen LogP contribution >= 0.6 is 0 Å². The van der Waals surface area contributed by atoms with Gasteiger partial charge >= 0.3 is 11.4 Å². The summed E-state index contributed by atoms with van der Waals surface area (Å²) < 4.78 is 21.6. The summed E-state index contributed by atoms with van der Waals surface area (Å²) in [7, 11) is 1.50. The van der Waals surface area contributed by atoms with E-state index in [1.165, 1.54) is 34.8 Å². The number of hydrogen-bond donors (Lipinski definition) is 1. The minimum absolute atomic E-state index is 0.160. The highest BCUT2D eigenvalue weighted by atomic mass is 19.1. The Balaban J connectivity index is 1.83. The summed E-state index contributed by atoms with van der Waals surface area (Å²) in [6.45, 7) is 4.12. The molecule has 0 saturated carbocycles. The molecule has 2 heterocycles. The van der Waals surface area contributed by atoms with Gasteiger partial charge in [0.05, 0.1) is 17.9 Å². The van der Waals surface area contributed by atoms with E-state index in [4.69, 9.17) is 10.3 Å². The molecule has 0 atom stereocenters. The van der Waals surface area contributed by atoms with Crippen molar-refractivity contribution < 1.29 is 8.91 Å². The summed E-state index contributed by atoms with van der Waals surface area (Å²) in [5, 5.41) is 3.86. The van der Waals surface area contributed by atoms with E-state index in [0.29, 0.717) is 12.2 Å². The van der Waals surface area contributed by atoms with Crippen LogP contribution in [0.4, 0.5) is 4.39 Å². The predicted octanol–water partition coefficient (Wildman–Crippen LogP) is 1.36. The van der Waals surface area contributed by atoms with Gasteiger partial charge in [0.15, 0.2) is 0 Å². The molecule has 158 valence electrons. The van der Waals surface area contributed by atoms with Gasteiger partial charge in [-0.15, -0.1) is 0 Å². The SMILES string of the molecule is Cc1noc(C)c1CN=CC(=CN)n1c(=O)n(C)n(CCc2ccc(F)cc2)c1=O.